The van der Waals surface area contributed by atoms with Gasteiger partial charge in [-0.25, -0.2) is 4.79 Å². The number of hydrogen-bond acceptors (Lipinski definition) is 2. The van der Waals surface area contributed by atoms with Gasteiger partial charge in [-0.3, -0.25) is 4.79 Å². The van der Waals surface area contributed by atoms with Gasteiger partial charge in [-0.05, 0) is 37.6 Å². The second-order valence-corrected chi connectivity index (χ2v) is 5.57. The number of carbonyl (C=O) groups excluding carboxylic acids is 2. The molecule has 8 heteroatoms. The lowest BCUT2D eigenvalue weighted by Crippen LogP contribution is -2.37. The van der Waals surface area contributed by atoms with E-state index >= 15 is 0 Å². The van der Waals surface area contributed by atoms with E-state index in [2.05, 4.69) is 5.32 Å². The van der Waals surface area contributed by atoms with Crippen LogP contribution >= 0.6 is 0 Å². The summed E-state index contributed by atoms with van der Waals surface area (Å²) in [4.78, 5) is 26.5. The Hall–Kier alpha value is -2.25. The molecule has 1 heterocycles. The summed E-state index contributed by atoms with van der Waals surface area (Å²) in [5.41, 5.74) is 1.22. The molecule has 3 amide bonds. The van der Waals surface area contributed by atoms with Crippen LogP contribution in [0.25, 0.3) is 0 Å². The monoisotopic (exact) mass is 343 g/mol. The van der Waals surface area contributed by atoms with Crippen LogP contribution in [0, 0.1) is 0 Å². The number of nitrogens with one attached hydrogen (secondary N) is 1. The van der Waals surface area contributed by atoms with E-state index in [1.165, 1.54) is 0 Å². The summed E-state index contributed by atoms with van der Waals surface area (Å²) in [7, 11) is 0. The lowest BCUT2D eigenvalue weighted by Gasteiger charge is -2.22. The Balaban J connectivity index is 1.94. The maximum Gasteiger partial charge on any atom is 0.390 e. The molecule has 0 atom stereocenters. The van der Waals surface area contributed by atoms with Gasteiger partial charge in [-0.15, -0.1) is 0 Å². The SMILES string of the molecule is CCN(CCC(F)(F)F)C(=O)Nc1ccc(N2CCCC2=O)cc1. The van der Waals surface area contributed by atoms with E-state index in [1.54, 1.807) is 36.1 Å². The van der Waals surface area contributed by atoms with Gasteiger partial charge in [-0.2, -0.15) is 13.2 Å². The van der Waals surface area contributed by atoms with E-state index in [4.69, 9.17) is 0 Å². The third-order valence-corrected chi connectivity index (χ3v) is 3.84. The number of alkyl halides is 3. The molecule has 0 spiro atoms. The molecular formula is C16H20F3N3O2. The van der Waals surface area contributed by atoms with Crippen molar-refractivity contribution in [2.24, 2.45) is 0 Å². The third-order valence-electron chi connectivity index (χ3n) is 3.84. The fourth-order valence-corrected chi connectivity index (χ4v) is 2.51. The number of benzene rings is 1. The quantitative estimate of drug-likeness (QED) is 0.888. The van der Waals surface area contributed by atoms with Crippen molar-refractivity contribution in [1.82, 2.24) is 4.90 Å². The number of anilines is 2. The average molecular weight is 343 g/mol. The Bertz CT molecular complexity index is 587. The molecule has 132 valence electrons. The van der Waals surface area contributed by atoms with E-state index in [0.717, 1.165) is 17.0 Å². The van der Waals surface area contributed by atoms with Crippen LogP contribution in [-0.4, -0.2) is 42.6 Å². The topological polar surface area (TPSA) is 52.7 Å². The number of rotatable bonds is 5. The van der Waals surface area contributed by atoms with E-state index in [1.807, 2.05) is 0 Å². The Kier molecular flexibility index (Phi) is 5.69. The molecule has 0 aromatic heterocycles. The second kappa shape index (κ2) is 7.55. The third kappa shape index (κ3) is 4.87. The van der Waals surface area contributed by atoms with Crippen LogP contribution in [0.15, 0.2) is 24.3 Å². The molecule has 1 saturated heterocycles. The first kappa shape index (κ1) is 18.1. The highest BCUT2D eigenvalue weighted by Crippen LogP contribution is 2.23. The smallest absolute Gasteiger partial charge is 0.324 e. The van der Waals surface area contributed by atoms with Gasteiger partial charge >= 0.3 is 12.2 Å². The van der Waals surface area contributed by atoms with Crippen molar-refractivity contribution < 1.29 is 22.8 Å². The van der Waals surface area contributed by atoms with E-state index in [-0.39, 0.29) is 19.0 Å². The van der Waals surface area contributed by atoms with E-state index < -0.39 is 18.6 Å². The summed E-state index contributed by atoms with van der Waals surface area (Å²) in [6.45, 7) is 2.10. The molecule has 1 fully saturated rings. The first-order chi connectivity index (χ1) is 11.3. The largest absolute Gasteiger partial charge is 0.390 e. The van der Waals surface area contributed by atoms with Gasteiger partial charge < -0.3 is 15.1 Å². The Labute approximate surface area is 138 Å². The highest BCUT2D eigenvalue weighted by molar-refractivity contribution is 5.96. The molecule has 5 nitrogen and oxygen atoms in total. The average Bonchev–Trinajstić information content (AvgIpc) is 2.93. The highest BCUT2D eigenvalue weighted by Gasteiger charge is 2.28. The fourth-order valence-electron chi connectivity index (χ4n) is 2.51. The van der Waals surface area contributed by atoms with Crippen molar-refractivity contribution in [3.63, 3.8) is 0 Å². The second-order valence-electron chi connectivity index (χ2n) is 5.57. The fraction of sp³-hybridized carbons (Fsp3) is 0.500. The molecule has 0 aliphatic carbocycles. The van der Waals surface area contributed by atoms with Crippen molar-refractivity contribution >= 4 is 23.3 Å². The van der Waals surface area contributed by atoms with E-state index in [9.17, 15) is 22.8 Å². The Morgan fingerprint density at radius 3 is 2.46 bits per heavy atom. The molecule has 0 saturated carbocycles. The minimum Gasteiger partial charge on any atom is -0.324 e. The summed E-state index contributed by atoms with van der Waals surface area (Å²) in [5, 5.41) is 2.57. The van der Waals surface area contributed by atoms with Gasteiger partial charge in [0.2, 0.25) is 5.91 Å². The van der Waals surface area contributed by atoms with Crippen LogP contribution in [-0.2, 0) is 4.79 Å². The summed E-state index contributed by atoms with van der Waals surface area (Å²) < 4.78 is 36.8. The predicted octanol–water partition coefficient (Wildman–Crippen LogP) is 3.62. The van der Waals surface area contributed by atoms with Crippen LogP contribution in [0.5, 0.6) is 0 Å². The van der Waals surface area contributed by atoms with Crippen LogP contribution in [0.3, 0.4) is 0 Å². The number of nitrogens with zero attached hydrogens (tertiary/aromatic N) is 2. The van der Waals surface area contributed by atoms with Gasteiger partial charge in [0.15, 0.2) is 0 Å². The molecule has 0 bridgehead atoms. The minimum absolute atomic E-state index is 0.0658. The Morgan fingerprint density at radius 2 is 1.96 bits per heavy atom. The van der Waals surface area contributed by atoms with Gasteiger partial charge in [-0.1, -0.05) is 0 Å². The lowest BCUT2D eigenvalue weighted by molar-refractivity contribution is -0.136. The number of hydrogen-bond donors (Lipinski definition) is 1. The first-order valence-corrected chi connectivity index (χ1v) is 7.83. The number of carbonyl (C=O) groups is 2. The van der Waals surface area contributed by atoms with Crippen molar-refractivity contribution in [3.05, 3.63) is 24.3 Å². The van der Waals surface area contributed by atoms with Crippen molar-refractivity contribution in [2.75, 3.05) is 29.9 Å². The van der Waals surface area contributed by atoms with Crippen molar-refractivity contribution in [2.45, 2.75) is 32.4 Å². The molecule has 1 aromatic rings. The number of urea groups is 1. The summed E-state index contributed by atoms with van der Waals surface area (Å²) in [6, 6.07) is 6.12. The predicted molar refractivity (Wildman–Crippen MR) is 85.0 cm³/mol. The summed E-state index contributed by atoms with van der Waals surface area (Å²) in [6.07, 6.45) is -3.98. The molecule has 0 radical (unpaired) electrons. The molecule has 1 N–H and O–H groups in total. The number of halogens is 3. The zero-order valence-corrected chi connectivity index (χ0v) is 13.4. The molecule has 0 unspecified atom stereocenters. The maximum absolute atomic E-state index is 12.3. The molecular weight excluding hydrogens is 323 g/mol. The first-order valence-electron chi connectivity index (χ1n) is 7.83. The lowest BCUT2D eigenvalue weighted by atomic mass is 10.2. The normalized spacial score (nSPS) is 14.8. The van der Waals surface area contributed by atoms with Crippen molar-refractivity contribution in [3.8, 4) is 0 Å². The van der Waals surface area contributed by atoms with Crippen LogP contribution in [0.1, 0.15) is 26.2 Å². The minimum atomic E-state index is -4.29. The van der Waals surface area contributed by atoms with Gasteiger partial charge in [0.25, 0.3) is 0 Å². The molecule has 1 aliphatic rings. The zero-order chi connectivity index (χ0) is 17.7. The molecule has 24 heavy (non-hydrogen) atoms. The van der Waals surface area contributed by atoms with Gasteiger partial charge in [0.1, 0.15) is 0 Å². The van der Waals surface area contributed by atoms with Crippen LogP contribution < -0.4 is 10.2 Å². The van der Waals surface area contributed by atoms with Crippen LogP contribution in [0.2, 0.25) is 0 Å². The van der Waals surface area contributed by atoms with Crippen LogP contribution in [0.4, 0.5) is 29.3 Å². The highest BCUT2D eigenvalue weighted by atomic mass is 19.4. The standard InChI is InChI=1S/C16H20F3N3O2/c1-2-21(11-9-16(17,18)19)15(24)20-12-5-7-13(8-6-12)22-10-3-4-14(22)23/h5-8H,2-4,9-11H2,1H3,(H,20,24). The Morgan fingerprint density at radius 1 is 1.29 bits per heavy atom. The molecule has 1 aromatic carbocycles. The van der Waals surface area contributed by atoms with Gasteiger partial charge in [0, 0.05) is 37.4 Å². The summed E-state index contributed by atoms with van der Waals surface area (Å²) >= 11 is 0. The zero-order valence-electron chi connectivity index (χ0n) is 13.4. The number of amides is 3. The van der Waals surface area contributed by atoms with E-state index in [0.29, 0.717) is 18.7 Å². The molecule has 1 aliphatic heterocycles. The maximum atomic E-state index is 12.3. The van der Waals surface area contributed by atoms with Crippen molar-refractivity contribution in [1.29, 1.82) is 0 Å². The summed E-state index contributed by atoms with van der Waals surface area (Å²) in [5.74, 6) is 0.0658. The van der Waals surface area contributed by atoms with Gasteiger partial charge in [0.05, 0.1) is 6.42 Å². The molecule has 2 rings (SSSR count).